The van der Waals surface area contributed by atoms with E-state index in [-0.39, 0.29) is 17.0 Å². The minimum absolute atomic E-state index is 0.134. The van der Waals surface area contributed by atoms with E-state index in [4.69, 9.17) is 11.6 Å². The number of halogens is 2. The highest BCUT2D eigenvalue weighted by Crippen LogP contribution is 2.33. The molecule has 6 heteroatoms. The zero-order valence-electron chi connectivity index (χ0n) is 14.3. The topological polar surface area (TPSA) is 51.1 Å². The summed E-state index contributed by atoms with van der Waals surface area (Å²) in [6.45, 7) is 3.96. The van der Waals surface area contributed by atoms with Crippen LogP contribution in [0.1, 0.15) is 34.5 Å². The Morgan fingerprint density at radius 2 is 2.08 bits per heavy atom. The molecule has 0 saturated heterocycles. The zero-order chi connectivity index (χ0) is 18.6. The van der Waals surface area contributed by atoms with Crippen molar-refractivity contribution in [1.29, 1.82) is 0 Å². The lowest BCUT2D eigenvalue weighted by molar-refractivity contribution is 0.102. The predicted molar refractivity (Wildman–Crippen MR) is 108 cm³/mol. The lowest BCUT2D eigenvalue weighted by atomic mass is 10.1. The van der Waals surface area contributed by atoms with Crippen molar-refractivity contribution >= 4 is 50.0 Å². The van der Waals surface area contributed by atoms with Gasteiger partial charge in [0, 0.05) is 32.8 Å². The van der Waals surface area contributed by atoms with E-state index >= 15 is 0 Å². The summed E-state index contributed by atoms with van der Waals surface area (Å²) in [6.07, 6.45) is 2.52. The SMILES string of the molecule is Cc1ccc(Cl)cc1NC(=O)c1cn2c3c(cc(Br)cc3c1=O)C[C@H]2C. The van der Waals surface area contributed by atoms with Gasteiger partial charge >= 0.3 is 0 Å². The monoisotopic (exact) mass is 430 g/mol. The normalized spacial score (nSPS) is 15.5. The molecule has 132 valence electrons. The number of amides is 1. The van der Waals surface area contributed by atoms with Gasteiger partial charge in [-0.2, -0.15) is 0 Å². The van der Waals surface area contributed by atoms with E-state index in [0.29, 0.717) is 16.1 Å². The number of carbonyl (C=O) groups excluding carboxylic acids is 1. The summed E-state index contributed by atoms with van der Waals surface area (Å²) in [5.41, 5.74) is 3.40. The summed E-state index contributed by atoms with van der Waals surface area (Å²) in [6, 6.07) is 9.30. The van der Waals surface area contributed by atoms with Crippen LogP contribution in [0.5, 0.6) is 0 Å². The molecule has 1 amide bonds. The van der Waals surface area contributed by atoms with E-state index < -0.39 is 5.91 Å². The number of hydrogen-bond donors (Lipinski definition) is 1. The third-order valence-electron chi connectivity index (χ3n) is 4.85. The Morgan fingerprint density at radius 1 is 1.31 bits per heavy atom. The van der Waals surface area contributed by atoms with Crippen LogP contribution < -0.4 is 10.7 Å². The second-order valence-electron chi connectivity index (χ2n) is 6.71. The van der Waals surface area contributed by atoms with Gasteiger partial charge in [-0.3, -0.25) is 9.59 Å². The van der Waals surface area contributed by atoms with Crippen LogP contribution in [0.3, 0.4) is 0 Å². The maximum atomic E-state index is 13.0. The molecule has 2 heterocycles. The lowest BCUT2D eigenvalue weighted by Gasteiger charge is -2.13. The number of benzene rings is 2. The van der Waals surface area contributed by atoms with Gasteiger partial charge < -0.3 is 9.88 Å². The number of anilines is 1. The average molecular weight is 432 g/mol. The molecule has 26 heavy (non-hydrogen) atoms. The van der Waals surface area contributed by atoms with E-state index in [1.807, 2.05) is 23.6 Å². The van der Waals surface area contributed by atoms with Crippen molar-refractivity contribution in [2.75, 3.05) is 5.32 Å². The Hall–Kier alpha value is -2.11. The first-order valence-corrected chi connectivity index (χ1v) is 9.47. The van der Waals surface area contributed by atoms with Crippen LogP contribution in [-0.4, -0.2) is 10.5 Å². The van der Waals surface area contributed by atoms with Crippen molar-refractivity contribution in [2.24, 2.45) is 0 Å². The second-order valence-corrected chi connectivity index (χ2v) is 8.06. The summed E-state index contributed by atoms with van der Waals surface area (Å²) in [7, 11) is 0. The van der Waals surface area contributed by atoms with Crippen molar-refractivity contribution in [2.45, 2.75) is 26.3 Å². The van der Waals surface area contributed by atoms with Gasteiger partial charge in [-0.1, -0.05) is 33.6 Å². The molecule has 4 nitrogen and oxygen atoms in total. The van der Waals surface area contributed by atoms with Crippen LogP contribution >= 0.6 is 27.5 Å². The summed E-state index contributed by atoms with van der Waals surface area (Å²) >= 11 is 9.50. The third kappa shape index (κ3) is 2.75. The lowest BCUT2D eigenvalue weighted by Crippen LogP contribution is -2.24. The summed E-state index contributed by atoms with van der Waals surface area (Å²) in [4.78, 5) is 25.8. The van der Waals surface area contributed by atoms with Gasteiger partial charge in [0.15, 0.2) is 0 Å². The first-order valence-electron chi connectivity index (χ1n) is 8.30. The van der Waals surface area contributed by atoms with Crippen LogP contribution in [0, 0.1) is 6.92 Å². The molecule has 0 unspecified atom stereocenters. The maximum Gasteiger partial charge on any atom is 0.261 e. The molecule has 0 saturated carbocycles. The minimum Gasteiger partial charge on any atom is -0.343 e. The van der Waals surface area contributed by atoms with Crippen LogP contribution in [0.4, 0.5) is 5.69 Å². The average Bonchev–Trinajstić information content (AvgIpc) is 2.89. The van der Waals surface area contributed by atoms with E-state index in [0.717, 1.165) is 27.5 Å². The van der Waals surface area contributed by atoms with Gasteiger partial charge in [-0.15, -0.1) is 0 Å². The maximum absolute atomic E-state index is 13.0. The largest absolute Gasteiger partial charge is 0.343 e. The summed E-state index contributed by atoms with van der Waals surface area (Å²) in [5.74, 6) is -0.424. The van der Waals surface area contributed by atoms with Gasteiger partial charge in [-0.05, 0) is 55.7 Å². The minimum atomic E-state index is -0.424. The van der Waals surface area contributed by atoms with Crippen LogP contribution in [0.15, 0.2) is 45.8 Å². The smallest absolute Gasteiger partial charge is 0.261 e. The van der Waals surface area contributed by atoms with Crippen LogP contribution in [0.25, 0.3) is 10.9 Å². The number of hydrogen-bond acceptors (Lipinski definition) is 2. The Balaban J connectivity index is 1.85. The number of aromatic nitrogens is 1. The third-order valence-corrected chi connectivity index (χ3v) is 5.54. The van der Waals surface area contributed by atoms with Crippen molar-refractivity contribution < 1.29 is 4.79 Å². The Labute approximate surface area is 163 Å². The molecule has 0 aliphatic carbocycles. The molecular weight excluding hydrogens is 416 g/mol. The fourth-order valence-electron chi connectivity index (χ4n) is 3.54. The first kappa shape index (κ1) is 17.3. The molecule has 0 fully saturated rings. The molecule has 1 aliphatic rings. The number of carbonyl (C=O) groups is 1. The Morgan fingerprint density at radius 3 is 2.85 bits per heavy atom. The zero-order valence-corrected chi connectivity index (χ0v) is 16.6. The fraction of sp³-hybridized carbons (Fsp3) is 0.200. The quantitative estimate of drug-likeness (QED) is 0.614. The second kappa shape index (κ2) is 6.25. The van der Waals surface area contributed by atoms with Crippen molar-refractivity contribution in [3.8, 4) is 0 Å². The molecule has 0 bridgehead atoms. The molecule has 0 spiro atoms. The highest BCUT2D eigenvalue weighted by Gasteiger charge is 2.25. The van der Waals surface area contributed by atoms with E-state index in [2.05, 4.69) is 28.2 Å². The fourth-order valence-corrected chi connectivity index (χ4v) is 4.22. The predicted octanol–water partition coefficient (Wildman–Crippen LogP) is 5.10. The van der Waals surface area contributed by atoms with Gasteiger partial charge in [0.25, 0.3) is 5.91 Å². The van der Waals surface area contributed by atoms with Crippen LogP contribution in [-0.2, 0) is 6.42 Å². The number of rotatable bonds is 2. The van der Waals surface area contributed by atoms with E-state index in [9.17, 15) is 9.59 Å². The van der Waals surface area contributed by atoms with E-state index in [1.54, 1.807) is 24.4 Å². The van der Waals surface area contributed by atoms with Gasteiger partial charge in [0.05, 0.1) is 5.52 Å². The number of nitrogens with zero attached hydrogens (tertiary/aromatic N) is 1. The molecule has 1 atom stereocenters. The number of nitrogens with one attached hydrogen (secondary N) is 1. The van der Waals surface area contributed by atoms with E-state index in [1.165, 1.54) is 0 Å². The van der Waals surface area contributed by atoms with Crippen molar-refractivity contribution in [1.82, 2.24) is 4.57 Å². The Bertz CT molecular complexity index is 1140. The molecule has 1 aromatic heterocycles. The van der Waals surface area contributed by atoms with Gasteiger partial charge in [-0.25, -0.2) is 0 Å². The van der Waals surface area contributed by atoms with Gasteiger partial charge in [0.2, 0.25) is 5.43 Å². The summed E-state index contributed by atoms with van der Waals surface area (Å²) in [5, 5.41) is 3.92. The molecule has 0 radical (unpaired) electrons. The first-order chi connectivity index (χ1) is 12.3. The molecule has 1 aliphatic heterocycles. The molecular formula is C20H16BrClN2O2. The highest BCUT2D eigenvalue weighted by atomic mass is 79.9. The van der Waals surface area contributed by atoms with Crippen molar-refractivity contribution in [3.05, 3.63) is 72.9 Å². The van der Waals surface area contributed by atoms with Gasteiger partial charge in [0.1, 0.15) is 5.56 Å². The Kier molecular flexibility index (Phi) is 4.16. The number of pyridine rings is 1. The highest BCUT2D eigenvalue weighted by molar-refractivity contribution is 9.10. The van der Waals surface area contributed by atoms with Crippen LogP contribution in [0.2, 0.25) is 5.02 Å². The standard InChI is InChI=1S/C20H16BrClN2O2/c1-10-3-4-14(22)8-17(10)23-20(26)16-9-24-11(2)5-12-6-13(21)7-15(18(12)24)19(16)25/h3-4,6-9,11H,5H2,1-2H3,(H,23,26)/t11-/m1/s1. The number of aryl methyl sites for hydroxylation is 1. The van der Waals surface area contributed by atoms with Crippen molar-refractivity contribution in [3.63, 3.8) is 0 Å². The molecule has 2 aromatic carbocycles. The molecule has 4 rings (SSSR count). The molecule has 1 N–H and O–H groups in total. The summed E-state index contributed by atoms with van der Waals surface area (Å²) < 4.78 is 2.87. The molecule has 3 aromatic rings.